The summed E-state index contributed by atoms with van der Waals surface area (Å²) in [6, 6.07) is 0. The van der Waals surface area contributed by atoms with Crippen molar-refractivity contribution in [1.29, 1.82) is 0 Å². The van der Waals surface area contributed by atoms with Crippen LogP contribution in [0.5, 0.6) is 0 Å². The first-order valence-electron chi connectivity index (χ1n) is 3.52. The quantitative estimate of drug-likeness (QED) is 0.572. The Morgan fingerprint density at radius 2 is 1.89 bits per heavy atom. The van der Waals surface area contributed by atoms with Gasteiger partial charge in [0.25, 0.3) is 0 Å². The van der Waals surface area contributed by atoms with Crippen molar-refractivity contribution in [3.05, 3.63) is 6.10 Å². The Bertz CT molecular complexity index is 64.6. The molecule has 1 aliphatic carbocycles. The highest BCUT2D eigenvalue weighted by Gasteiger charge is 2.13. The molecule has 0 saturated heterocycles. The van der Waals surface area contributed by atoms with E-state index in [1.165, 1.54) is 19.3 Å². The Hall–Kier alpha value is -0.0800. The fourth-order valence-electron chi connectivity index (χ4n) is 1.18. The van der Waals surface area contributed by atoms with Crippen LogP contribution in [-0.2, 0) is 4.74 Å². The number of aliphatic hydroxyl groups is 1. The molecule has 2 nitrogen and oxygen atoms in total. The van der Waals surface area contributed by atoms with Crippen LogP contribution < -0.4 is 0 Å². The van der Waals surface area contributed by atoms with Crippen LogP contribution in [0.4, 0.5) is 0 Å². The summed E-state index contributed by atoms with van der Waals surface area (Å²) in [6.45, 7) is -0.144. The van der Waals surface area contributed by atoms with Crippen molar-refractivity contribution in [3.8, 4) is 0 Å². The summed E-state index contributed by atoms with van der Waals surface area (Å²) in [5, 5.41) is 8.38. The Labute approximate surface area is 55.8 Å². The molecule has 1 radical (unpaired) electrons. The molecule has 0 bridgehead atoms. The van der Waals surface area contributed by atoms with Gasteiger partial charge in [-0.15, -0.1) is 0 Å². The van der Waals surface area contributed by atoms with Crippen molar-refractivity contribution in [2.24, 2.45) is 0 Å². The number of hydrogen-bond donors (Lipinski definition) is 1. The van der Waals surface area contributed by atoms with Gasteiger partial charge in [0.1, 0.15) is 6.79 Å². The van der Waals surface area contributed by atoms with E-state index in [0.717, 1.165) is 18.9 Å². The topological polar surface area (TPSA) is 29.5 Å². The fourth-order valence-corrected chi connectivity index (χ4v) is 1.18. The second-order valence-electron chi connectivity index (χ2n) is 2.37. The third-order valence-electron chi connectivity index (χ3n) is 1.68. The highest BCUT2D eigenvalue weighted by molar-refractivity contribution is 4.81. The molecule has 1 aliphatic rings. The summed E-state index contributed by atoms with van der Waals surface area (Å²) < 4.78 is 4.96. The van der Waals surface area contributed by atoms with Gasteiger partial charge in [0.2, 0.25) is 0 Å². The summed E-state index contributed by atoms with van der Waals surface area (Å²) in [4.78, 5) is 0. The van der Waals surface area contributed by atoms with Crippen molar-refractivity contribution < 1.29 is 9.84 Å². The Morgan fingerprint density at radius 3 is 2.44 bits per heavy atom. The molecule has 0 atom stereocenters. The number of ether oxygens (including phenoxy) is 1. The smallest absolute Gasteiger partial charge is 0.144 e. The maximum atomic E-state index is 8.38. The van der Waals surface area contributed by atoms with Gasteiger partial charge in [-0.25, -0.2) is 0 Å². The second kappa shape index (κ2) is 3.85. The summed E-state index contributed by atoms with van der Waals surface area (Å²) in [6.07, 6.45) is 6.98. The van der Waals surface area contributed by atoms with Crippen LogP contribution >= 0.6 is 0 Å². The van der Waals surface area contributed by atoms with E-state index in [0.29, 0.717) is 0 Å². The van der Waals surface area contributed by atoms with Gasteiger partial charge in [-0.05, 0) is 12.8 Å². The third-order valence-corrected chi connectivity index (χ3v) is 1.68. The third kappa shape index (κ3) is 2.33. The highest BCUT2D eigenvalue weighted by atomic mass is 16.6. The van der Waals surface area contributed by atoms with E-state index in [1.807, 2.05) is 0 Å². The van der Waals surface area contributed by atoms with Gasteiger partial charge in [0.05, 0.1) is 6.10 Å². The fraction of sp³-hybridized carbons (Fsp3) is 0.857. The molecule has 0 amide bonds. The van der Waals surface area contributed by atoms with E-state index >= 15 is 0 Å². The van der Waals surface area contributed by atoms with Crippen LogP contribution in [0.25, 0.3) is 0 Å². The Balaban J connectivity index is 2.08. The van der Waals surface area contributed by atoms with Gasteiger partial charge in [-0.2, -0.15) is 0 Å². The Kier molecular flexibility index (Phi) is 3.01. The van der Waals surface area contributed by atoms with E-state index in [1.54, 1.807) is 0 Å². The minimum absolute atomic E-state index is 0.144. The molecule has 1 rings (SSSR count). The average Bonchev–Trinajstić information content (AvgIpc) is 1.91. The molecule has 0 heterocycles. The molecule has 0 spiro atoms. The van der Waals surface area contributed by atoms with Crippen molar-refractivity contribution >= 4 is 0 Å². The lowest BCUT2D eigenvalue weighted by atomic mass is 9.98. The monoisotopic (exact) mass is 129 g/mol. The minimum Gasteiger partial charge on any atom is -0.371 e. The van der Waals surface area contributed by atoms with Gasteiger partial charge in [0, 0.05) is 0 Å². The lowest BCUT2D eigenvalue weighted by Gasteiger charge is -2.18. The molecule has 0 aromatic heterocycles. The Morgan fingerprint density at radius 1 is 1.22 bits per heavy atom. The maximum absolute atomic E-state index is 8.38. The largest absolute Gasteiger partial charge is 0.371 e. The predicted molar refractivity (Wildman–Crippen MR) is 34.5 cm³/mol. The van der Waals surface area contributed by atoms with Crippen LogP contribution in [0.1, 0.15) is 32.1 Å². The van der Waals surface area contributed by atoms with Crippen LogP contribution in [-0.4, -0.2) is 11.9 Å². The van der Waals surface area contributed by atoms with Crippen LogP contribution in [0.2, 0.25) is 0 Å². The molecule has 0 unspecified atom stereocenters. The first-order valence-corrected chi connectivity index (χ1v) is 3.52. The molecule has 0 aromatic carbocycles. The van der Waals surface area contributed by atoms with E-state index in [-0.39, 0.29) is 6.79 Å². The molecule has 1 N–H and O–H groups in total. The van der Waals surface area contributed by atoms with Gasteiger partial charge < -0.3 is 9.84 Å². The SMILES string of the molecule is OCO[C]1CCCCC1. The highest BCUT2D eigenvalue weighted by Crippen LogP contribution is 2.25. The molecular formula is C7H13O2. The van der Waals surface area contributed by atoms with Gasteiger partial charge in [-0.1, -0.05) is 19.3 Å². The molecule has 9 heavy (non-hydrogen) atoms. The summed E-state index contributed by atoms with van der Waals surface area (Å²) in [5.74, 6) is 0. The number of hydrogen-bond acceptors (Lipinski definition) is 2. The molecule has 53 valence electrons. The first-order chi connectivity index (χ1) is 4.43. The van der Waals surface area contributed by atoms with Crippen molar-refractivity contribution in [2.75, 3.05) is 6.79 Å². The minimum atomic E-state index is -0.144. The molecule has 0 aromatic rings. The molecular weight excluding hydrogens is 116 g/mol. The standard InChI is InChI=1S/C7H13O2/c8-6-9-7-4-2-1-3-5-7/h8H,1-6H2. The lowest BCUT2D eigenvalue weighted by Crippen LogP contribution is -2.08. The van der Waals surface area contributed by atoms with Crippen molar-refractivity contribution in [1.82, 2.24) is 0 Å². The van der Waals surface area contributed by atoms with Crippen LogP contribution in [0.15, 0.2) is 0 Å². The summed E-state index contributed by atoms with van der Waals surface area (Å²) in [5.41, 5.74) is 0. The molecule has 0 aliphatic heterocycles. The molecule has 1 fully saturated rings. The van der Waals surface area contributed by atoms with Gasteiger partial charge in [0.15, 0.2) is 0 Å². The van der Waals surface area contributed by atoms with E-state index in [9.17, 15) is 0 Å². The van der Waals surface area contributed by atoms with E-state index in [4.69, 9.17) is 9.84 Å². The molecule has 2 heteroatoms. The predicted octanol–water partition coefficient (Wildman–Crippen LogP) is 1.45. The first kappa shape index (κ1) is 7.03. The zero-order valence-electron chi connectivity index (χ0n) is 5.60. The van der Waals surface area contributed by atoms with Crippen molar-refractivity contribution in [3.63, 3.8) is 0 Å². The maximum Gasteiger partial charge on any atom is 0.144 e. The summed E-state index contributed by atoms with van der Waals surface area (Å²) >= 11 is 0. The van der Waals surface area contributed by atoms with Crippen LogP contribution in [0.3, 0.4) is 0 Å². The number of aliphatic hydroxyl groups excluding tert-OH is 1. The second-order valence-corrected chi connectivity index (χ2v) is 2.37. The summed E-state index contributed by atoms with van der Waals surface area (Å²) in [7, 11) is 0. The van der Waals surface area contributed by atoms with Gasteiger partial charge in [-0.3, -0.25) is 0 Å². The molecule has 1 saturated carbocycles. The zero-order chi connectivity index (χ0) is 6.53. The van der Waals surface area contributed by atoms with E-state index in [2.05, 4.69) is 0 Å². The normalized spacial score (nSPS) is 22.3. The van der Waals surface area contributed by atoms with Crippen LogP contribution in [0, 0.1) is 6.10 Å². The van der Waals surface area contributed by atoms with Crippen molar-refractivity contribution in [2.45, 2.75) is 32.1 Å². The number of rotatable bonds is 2. The van der Waals surface area contributed by atoms with E-state index < -0.39 is 0 Å². The lowest BCUT2D eigenvalue weighted by molar-refractivity contribution is -0.00712. The average molecular weight is 129 g/mol. The van der Waals surface area contributed by atoms with Gasteiger partial charge >= 0.3 is 0 Å². The zero-order valence-corrected chi connectivity index (χ0v) is 5.60.